The fraction of sp³-hybridized carbons (Fsp3) is 0.350. The van der Waals surface area contributed by atoms with Crippen molar-refractivity contribution in [1.29, 1.82) is 0 Å². The Labute approximate surface area is 153 Å². The minimum Gasteiger partial charge on any atom is -0.494 e. The molecule has 0 unspecified atom stereocenters. The second-order valence-electron chi connectivity index (χ2n) is 6.09. The van der Waals surface area contributed by atoms with Crippen LogP contribution in [0, 0.1) is 6.92 Å². The zero-order chi connectivity index (χ0) is 18.5. The molecule has 2 N–H and O–H groups in total. The molecule has 26 heavy (non-hydrogen) atoms. The third-order valence-electron chi connectivity index (χ3n) is 4.33. The quantitative estimate of drug-likeness (QED) is 0.628. The van der Waals surface area contributed by atoms with E-state index in [9.17, 15) is 0 Å². The Balaban J connectivity index is 1.74. The topological polar surface area (TPSA) is 71.5 Å². The highest BCUT2D eigenvalue weighted by atomic mass is 16.5. The van der Waals surface area contributed by atoms with E-state index in [1.807, 2.05) is 36.4 Å². The number of ether oxygens (including phenoxy) is 3. The normalized spacial score (nSPS) is 10.9. The fourth-order valence-electron chi connectivity index (χ4n) is 2.95. The molecule has 2 aromatic carbocycles. The lowest BCUT2D eigenvalue weighted by Gasteiger charge is -2.11. The van der Waals surface area contributed by atoms with E-state index >= 15 is 0 Å². The van der Waals surface area contributed by atoms with E-state index in [1.165, 1.54) is 5.56 Å². The summed E-state index contributed by atoms with van der Waals surface area (Å²) < 4.78 is 18.7. The molecular weight excluding hydrogens is 330 g/mol. The van der Waals surface area contributed by atoms with Crippen molar-refractivity contribution >= 4 is 11.0 Å². The molecule has 0 aliphatic carbocycles. The van der Waals surface area contributed by atoms with Gasteiger partial charge in [-0.1, -0.05) is 17.7 Å². The number of hydrogen-bond acceptors (Lipinski definition) is 5. The van der Waals surface area contributed by atoms with Crippen LogP contribution in [0.15, 0.2) is 36.4 Å². The zero-order valence-electron chi connectivity index (χ0n) is 15.5. The zero-order valence-corrected chi connectivity index (χ0v) is 15.5. The molecule has 0 saturated carbocycles. The van der Waals surface area contributed by atoms with Crippen LogP contribution in [0.3, 0.4) is 0 Å². The summed E-state index contributed by atoms with van der Waals surface area (Å²) in [6.45, 7) is 3.83. The lowest BCUT2D eigenvalue weighted by molar-refractivity contribution is 0.301. The number of aryl methyl sites for hydroxylation is 2. The van der Waals surface area contributed by atoms with Crippen molar-refractivity contribution in [2.45, 2.75) is 26.4 Å². The van der Waals surface area contributed by atoms with Gasteiger partial charge in [-0.15, -0.1) is 0 Å². The molecule has 6 nitrogen and oxygen atoms in total. The van der Waals surface area contributed by atoms with E-state index in [0.29, 0.717) is 24.7 Å². The van der Waals surface area contributed by atoms with Crippen molar-refractivity contribution in [3.8, 4) is 17.2 Å². The number of imidazole rings is 1. The highest BCUT2D eigenvalue weighted by Gasteiger charge is 2.14. The number of benzene rings is 2. The Kier molecular flexibility index (Phi) is 5.63. The van der Waals surface area contributed by atoms with Gasteiger partial charge in [-0.05, 0) is 25.5 Å². The fourth-order valence-corrected chi connectivity index (χ4v) is 2.95. The van der Waals surface area contributed by atoms with E-state index in [-0.39, 0.29) is 0 Å². The number of fused-ring (bicyclic) bond motifs is 1. The van der Waals surface area contributed by atoms with Crippen LogP contribution in [0.5, 0.6) is 17.2 Å². The summed E-state index contributed by atoms with van der Waals surface area (Å²) in [4.78, 5) is 4.62. The van der Waals surface area contributed by atoms with Gasteiger partial charge in [-0.3, -0.25) is 0 Å². The first-order chi connectivity index (χ1) is 12.7. The maximum atomic E-state index is 5.89. The minimum atomic E-state index is 0.373. The molecule has 0 radical (unpaired) electrons. The maximum Gasteiger partial charge on any atom is 0.163 e. The summed E-state index contributed by atoms with van der Waals surface area (Å²) in [6.07, 6.45) is 0.848. The van der Waals surface area contributed by atoms with Gasteiger partial charge in [0.2, 0.25) is 0 Å². The molecule has 138 valence electrons. The highest BCUT2D eigenvalue weighted by Crippen LogP contribution is 2.32. The van der Waals surface area contributed by atoms with Crippen molar-refractivity contribution in [2.75, 3.05) is 20.8 Å². The molecule has 3 rings (SSSR count). The minimum absolute atomic E-state index is 0.373. The van der Waals surface area contributed by atoms with Crippen LogP contribution in [0.4, 0.5) is 0 Å². The monoisotopic (exact) mass is 355 g/mol. The van der Waals surface area contributed by atoms with Crippen LogP contribution in [0.1, 0.15) is 17.8 Å². The molecule has 6 heteroatoms. The Morgan fingerprint density at radius 3 is 2.38 bits per heavy atom. The summed E-state index contributed by atoms with van der Waals surface area (Å²) in [5.74, 6) is 3.07. The molecule has 0 aliphatic heterocycles. The first-order valence-corrected chi connectivity index (χ1v) is 8.67. The molecule has 0 amide bonds. The second kappa shape index (κ2) is 8.10. The predicted octanol–water partition coefficient (Wildman–Crippen LogP) is 3.29. The highest BCUT2D eigenvalue weighted by molar-refractivity contribution is 5.80. The third-order valence-corrected chi connectivity index (χ3v) is 4.33. The van der Waals surface area contributed by atoms with Gasteiger partial charge in [0.1, 0.15) is 11.6 Å². The van der Waals surface area contributed by atoms with Crippen LogP contribution in [-0.4, -0.2) is 30.4 Å². The third kappa shape index (κ3) is 3.75. The molecule has 0 bridgehead atoms. The summed E-state index contributed by atoms with van der Waals surface area (Å²) in [7, 11) is 3.25. The molecule has 0 aliphatic rings. The van der Waals surface area contributed by atoms with Crippen molar-refractivity contribution in [1.82, 2.24) is 9.55 Å². The van der Waals surface area contributed by atoms with Gasteiger partial charge in [-0.2, -0.15) is 0 Å². The summed E-state index contributed by atoms with van der Waals surface area (Å²) in [5, 5.41) is 0. The summed E-state index contributed by atoms with van der Waals surface area (Å²) >= 11 is 0. The van der Waals surface area contributed by atoms with Gasteiger partial charge in [0.05, 0.1) is 38.4 Å². The summed E-state index contributed by atoms with van der Waals surface area (Å²) in [6, 6.07) is 11.9. The molecular formula is C20H25N3O3. The van der Waals surface area contributed by atoms with Gasteiger partial charge in [-0.25, -0.2) is 4.98 Å². The Hall–Kier alpha value is -2.73. The van der Waals surface area contributed by atoms with E-state index in [1.54, 1.807) is 14.2 Å². The first kappa shape index (κ1) is 18.1. The average molecular weight is 355 g/mol. The van der Waals surface area contributed by atoms with Crippen LogP contribution >= 0.6 is 0 Å². The van der Waals surface area contributed by atoms with E-state index in [2.05, 4.69) is 16.5 Å². The van der Waals surface area contributed by atoms with Crippen LogP contribution in [0.2, 0.25) is 0 Å². The largest absolute Gasteiger partial charge is 0.494 e. The van der Waals surface area contributed by atoms with E-state index < -0.39 is 0 Å². The standard InChI is InChI=1S/C20H25N3O3/c1-14-5-7-15(8-6-14)26-10-4-9-23-17-12-19(25-3)18(24-2)11-16(17)22-20(23)13-21/h5-8,11-12H,4,9-10,13,21H2,1-3H3. The number of nitrogens with zero attached hydrogens (tertiary/aromatic N) is 2. The van der Waals surface area contributed by atoms with Gasteiger partial charge >= 0.3 is 0 Å². The molecule has 0 saturated heterocycles. The molecule has 3 aromatic rings. The number of rotatable bonds is 8. The van der Waals surface area contributed by atoms with Crippen LogP contribution in [0.25, 0.3) is 11.0 Å². The van der Waals surface area contributed by atoms with Gasteiger partial charge in [0.25, 0.3) is 0 Å². The number of methoxy groups -OCH3 is 2. The lowest BCUT2D eigenvalue weighted by Crippen LogP contribution is -2.11. The Bertz CT molecular complexity index is 872. The Morgan fingerprint density at radius 1 is 1.04 bits per heavy atom. The molecule has 1 heterocycles. The number of hydrogen-bond donors (Lipinski definition) is 1. The molecule has 1 aromatic heterocycles. The smallest absolute Gasteiger partial charge is 0.163 e. The van der Waals surface area contributed by atoms with Gasteiger partial charge in [0.15, 0.2) is 11.5 Å². The first-order valence-electron chi connectivity index (χ1n) is 8.67. The summed E-state index contributed by atoms with van der Waals surface area (Å²) in [5.41, 5.74) is 8.94. The van der Waals surface area contributed by atoms with E-state index in [0.717, 1.165) is 35.6 Å². The van der Waals surface area contributed by atoms with Crippen molar-refractivity contribution < 1.29 is 14.2 Å². The molecule has 0 spiro atoms. The van der Waals surface area contributed by atoms with Crippen LogP contribution in [-0.2, 0) is 13.1 Å². The van der Waals surface area contributed by atoms with E-state index in [4.69, 9.17) is 19.9 Å². The van der Waals surface area contributed by atoms with Crippen molar-refractivity contribution in [3.05, 3.63) is 47.8 Å². The number of nitrogens with two attached hydrogens (primary N) is 1. The maximum absolute atomic E-state index is 5.89. The Morgan fingerprint density at radius 2 is 1.73 bits per heavy atom. The molecule has 0 atom stereocenters. The number of aromatic nitrogens is 2. The van der Waals surface area contributed by atoms with Crippen LogP contribution < -0.4 is 19.9 Å². The van der Waals surface area contributed by atoms with Crippen molar-refractivity contribution in [3.63, 3.8) is 0 Å². The van der Waals surface area contributed by atoms with Gasteiger partial charge in [0, 0.05) is 18.7 Å². The lowest BCUT2D eigenvalue weighted by atomic mass is 10.2. The molecule has 0 fully saturated rings. The van der Waals surface area contributed by atoms with Crippen molar-refractivity contribution in [2.24, 2.45) is 5.73 Å². The van der Waals surface area contributed by atoms with Gasteiger partial charge < -0.3 is 24.5 Å². The SMILES string of the molecule is COc1cc2nc(CN)n(CCCOc3ccc(C)cc3)c2cc1OC. The predicted molar refractivity (Wildman–Crippen MR) is 102 cm³/mol. The average Bonchev–Trinajstić information content (AvgIpc) is 3.02. The second-order valence-corrected chi connectivity index (χ2v) is 6.09.